The average molecular weight is 508 g/mol. The third-order valence-corrected chi connectivity index (χ3v) is 7.78. The van der Waals surface area contributed by atoms with Gasteiger partial charge in [-0.1, -0.05) is 76.6 Å². The zero-order chi connectivity index (χ0) is 26.2. The number of aryl methyl sites for hydroxylation is 1. The molecule has 0 bridgehead atoms. The fourth-order valence-electron chi connectivity index (χ4n) is 3.86. The summed E-state index contributed by atoms with van der Waals surface area (Å²) in [4.78, 5) is 13.4. The maximum Gasteiger partial charge on any atom is 0.270 e. The van der Waals surface area contributed by atoms with Crippen LogP contribution in [0.5, 0.6) is 5.75 Å². The number of ether oxygens (including phenoxy) is 1. The van der Waals surface area contributed by atoms with Crippen LogP contribution in [0.25, 0.3) is 0 Å². The Labute approximate surface area is 216 Å². The van der Waals surface area contributed by atoms with Crippen LogP contribution in [0.15, 0.2) is 83.8 Å². The van der Waals surface area contributed by atoms with Crippen LogP contribution in [0.4, 0.5) is 5.69 Å². The molecule has 0 N–H and O–H groups in total. The van der Waals surface area contributed by atoms with Crippen LogP contribution in [0, 0.1) is 0 Å². The van der Waals surface area contributed by atoms with Crippen LogP contribution >= 0.6 is 0 Å². The zero-order valence-electron chi connectivity index (χ0n) is 21.7. The molecule has 0 saturated heterocycles. The maximum absolute atomic E-state index is 13.5. The van der Waals surface area contributed by atoms with Crippen LogP contribution in [0.1, 0.15) is 64.5 Å². The molecule has 0 heterocycles. The Hall–Kier alpha value is -3.12. The first kappa shape index (κ1) is 27.5. The molecule has 36 heavy (non-hydrogen) atoms. The molecule has 0 saturated carbocycles. The van der Waals surface area contributed by atoms with Crippen molar-refractivity contribution >= 4 is 21.6 Å². The quantitative estimate of drug-likeness (QED) is 0.265. The molecule has 0 radical (unpaired) electrons. The second-order valence-electron chi connectivity index (χ2n) is 9.97. The van der Waals surface area contributed by atoms with E-state index in [1.165, 1.54) is 17.7 Å². The molecule has 3 rings (SSSR count). The third-order valence-electron chi connectivity index (χ3n) is 6.02. The first-order valence-electron chi connectivity index (χ1n) is 12.6. The van der Waals surface area contributed by atoms with Crippen LogP contribution < -0.4 is 9.04 Å². The van der Waals surface area contributed by atoms with Crippen LogP contribution in [0.3, 0.4) is 0 Å². The van der Waals surface area contributed by atoms with Crippen molar-refractivity contribution in [3.8, 4) is 5.75 Å². The van der Waals surface area contributed by atoms with E-state index in [0.717, 1.165) is 34.9 Å². The predicted molar refractivity (Wildman–Crippen MR) is 146 cm³/mol. The molecule has 3 aromatic rings. The summed E-state index contributed by atoms with van der Waals surface area (Å²) < 4.78 is 33.7. The van der Waals surface area contributed by atoms with E-state index in [4.69, 9.17) is 4.74 Å². The molecule has 0 aliphatic heterocycles. The smallest absolute Gasteiger partial charge is 0.270 e. The Morgan fingerprint density at radius 2 is 1.50 bits per heavy atom. The fraction of sp³-hybridized carbons (Fsp3) is 0.367. The van der Waals surface area contributed by atoms with Crippen molar-refractivity contribution in [3.63, 3.8) is 0 Å². The highest BCUT2D eigenvalue weighted by Gasteiger charge is 2.30. The number of rotatable bonds is 11. The Kier molecular flexibility index (Phi) is 9.32. The van der Waals surface area contributed by atoms with Gasteiger partial charge in [0.05, 0.1) is 17.2 Å². The molecule has 0 aliphatic carbocycles. The molecule has 0 fully saturated rings. The second-order valence-corrected chi connectivity index (χ2v) is 11.8. The van der Waals surface area contributed by atoms with Gasteiger partial charge in [0.2, 0.25) is 5.91 Å². The van der Waals surface area contributed by atoms with Gasteiger partial charge in [-0.15, -0.1) is 0 Å². The lowest BCUT2D eigenvalue weighted by Gasteiger charge is -2.23. The Bertz CT molecular complexity index is 1210. The van der Waals surface area contributed by atoms with E-state index in [1.54, 1.807) is 30.3 Å². The summed E-state index contributed by atoms with van der Waals surface area (Å²) in [5.74, 6) is 0.249. The van der Waals surface area contributed by atoms with Crippen molar-refractivity contribution in [2.24, 2.45) is 0 Å². The molecule has 0 unspecified atom stereocenters. The number of carbonyl (C=O) groups is 1. The number of nitrogens with zero attached hydrogens (tertiary/aromatic N) is 1. The van der Waals surface area contributed by atoms with Gasteiger partial charge in [-0.25, -0.2) is 12.7 Å². The van der Waals surface area contributed by atoms with Gasteiger partial charge in [-0.2, -0.15) is 0 Å². The molecule has 0 atom stereocenters. The second kappa shape index (κ2) is 12.2. The SMILES string of the molecule is CCCCc1ccc(N(C(=O)CCCOc2ccc(C(C)(C)C)cc2)S(=O)(=O)c2ccccc2)cc1. The molecule has 5 nitrogen and oxygen atoms in total. The van der Waals surface area contributed by atoms with Crippen molar-refractivity contribution in [2.45, 2.75) is 70.1 Å². The number of sulfonamides is 1. The Balaban J connectivity index is 1.72. The summed E-state index contributed by atoms with van der Waals surface area (Å²) in [6.07, 6.45) is 3.50. The minimum absolute atomic E-state index is 0.0454. The lowest BCUT2D eigenvalue weighted by molar-refractivity contribution is -0.117. The first-order valence-corrected chi connectivity index (χ1v) is 14.0. The number of anilines is 1. The fourth-order valence-corrected chi connectivity index (χ4v) is 5.33. The van der Waals surface area contributed by atoms with Crippen molar-refractivity contribution < 1.29 is 17.9 Å². The zero-order valence-corrected chi connectivity index (χ0v) is 22.6. The number of amides is 1. The third kappa shape index (κ3) is 7.20. The Morgan fingerprint density at radius 3 is 2.08 bits per heavy atom. The first-order chi connectivity index (χ1) is 17.1. The lowest BCUT2D eigenvalue weighted by atomic mass is 9.87. The predicted octanol–water partition coefficient (Wildman–Crippen LogP) is 6.91. The number of hydrogen-bond donors (Lipinski definition) is 0. The van der Waals surface area contributed by atoms with Crippen LogP contribution in [-0.4, -0.2) is 20.9 Å². The minimum Gasteiger partial charge on any atom is -0.494 e. The minimum atomic E-state index is -4.05. The van der Waals surface area contributed by atoms with Crippen molar-refractivity contribution in [1.29, 1.82) is 0 Å². The van der Waals surface area contributed by atoms with E-state index in [9.17, 15) is 13.2 Å². The largest absolute Gasteiger partial charge is 0.494 e. The summed E-state index contributed by atoms with van der Waals surface area (Å²) in [7, 11) is -4.05. The molecule has 0 spiro atoms. The van der Waals surface area contributed by atoms with Crippen LogP contribution in [-0.2, 0) is 26.7 Å². The summed E-state index contributed by atoms with van der Waals surface area (Å²) >= 11 is 0. The summed E-state index contributed by atoms with van der Waals surface area (Å²) in [6, 6.07) is 23.2. The number of unbranched alkanes of at least 4 members (excludes halogenated alkanes) is 1. The van der Waals surface area contributed by atoms with Gasteiger partial charge in [0.15, 0.2) is 0 Å². The normalized spacial score (nSPS) is 11.8. The molecule has 1 amide bonds. The highest BCUT2D eigenvalue weighted by atomic mass is 32.2. The van der Waals surface area contributed by atoms with E-state index >= 15 is 0 Å². The van der Waals surface area contributed by atoms with Crippen molar-refractivity contribution in [2.75, 3.05) is 10.9 Å². The molecular formula is C30H37NO4S. The maximum atomic E-state index is 13.5. The number of carbonyl (C=O) groups excluding carboxylic acids is 1. The average Bonchev–Trinajstić information content (AvgIpc) is 2.86. The van der Waals surface area contributed by atoms with Crippen molar-refractivity contribution in [3.05, 3.63) is 90.0 Å². The van der Waals surface area contributed by atoms with E-state index in [1.807, 2.05) is 36.4 Å². The van der Waals surface area contributed by atoms with Gasteiger partial charge in [0.25, 0.3) is 10.0 Å². The van der Waals surface area contributed by atoms with E-state index in [0.29, 0.717) is 18.7 Å². The van der Waals surface area contributed by atoms with Gasteiger partial charge in [-0.05, 0) is 72.2 Å². The standard InChI is InChI=1S/C30H37NO4S/c1-5-6-11-24-15-19-26(20-16-24)31(36(33,34)28-12-8-7-9-13-28)29(32)14-10-23-35-27-21-17-25(18-22-27)30(2,3)4/h7-9,12-13,15-22H,5-6,10-11,14,23H2,1-4H3. The number of hydrogen-bond acceptors (Lipinski definition) is 4. The highest BCUT2D eigenvalue weighted by Crippen LogP contribution is 2.27. The summed E-state index contributed by atoms with van der Waals surface area (Å²) in [5, 5.41) is 0. The summed E-state index contributed by atoms with van der Waals surface area (Å²) in [6.45, 7) is 8.91. The van der Waals surface area contributed by atoms with Gasteiger partial charge in [-0.3, -0.25) is 4.79 Å². The van der Waals surface area contributed by atoms with E-state index in [-0.39, 0.29) is 16.7 Å². The van der Waals surface area contributed by atoms with Crippen LogP contribution in [0.2, 0.25) is 0 Å². The molecule has 6 heteroatoms. The van der Waals surface area contributed by atoms with Crippen molar-refractivity contribution in [1.82, 2.24) is 0 Å². The molecule has 0 aliphatic rings. The highest BCUT2D eigenvalue weighted by molar-refractivity contribution is 7.93. The Morgan fingerprint density at radius 1 is 0.861 bits per heavy atom. The van der Waals surface area contributed by atoms with Gasteiger partial charge < -0.3 is 4.74 Å². The number of benzene rings is 3. The molecular weight excluding hydrogens is 470 g/mol. The molecule has 192 valence electrons. The summed E-state index contributed by atoms with van der Waals surface area (Å²) in [5.41, 5.74) is 2.75. The lowest BCUT2D eigenvalue weighted by Crippen LogP contribution is -2.37. The topological polar surface area (TPSA) is 63.7 Å². The van der Waals surface area contributed by atoms with Gasteiger partial charge in [0, 0.05) is 6.42 Å². The molecule has 0 aromatic heterocycles. The van der Waals surface area contributed by atoms with Gasteiger partial charge in [0.1, 0.15) is 5.75 Å². The van der Waals surface area contributed by atoms with Gasteiger partial charge >= 0.3 is 0 Å². The monoisotopic (exact) mass is 507 g/mol. The van der Waals surface area contributed by atoms with E-state index < -0.39 is 15.9 Å². The molecule has 3 aromatic carbocycles. The van der Waals surface area contributed by atoms with E-state index in [2.05, 4.69) is 27.7 Å².